The number of nitrogens with two attached hydrogens (primary N) is 1. The van der Waals surface area contributed by atoms with Crippen LogP contribution < -0.4 is 10.5 Å². The van der Waals surface area contributed by atoms with Crippen molar-refractivity contribution in [1.82, 2.24) is 0 Å². The molecule has 0 fully saturated rings. The van der Waals surface area contributed by atoms with Crippen LogP contribution in [0, 0.1) is 0 Å². The summed E-state index contributed by atoms with van der Waals surface area (Å²) >= 11 is 0. The van der Waals surface area contributed by atoms with Gasteiger partial charge in [0.1, 0.15) is 6.61 Å². The van der Waals surface area contributed by atoms with Crippen molar-refractivity contribution >= 4 is 0 Å². The number of ether oxygens (including phenoxy) is 1. The highest BCUT2D eigenvalue weighted by Crippen LogP contribution is 2.35. The zero-order chi connectivity index (χ0) is 14.4. The van der Waals surface area contributed by atoms with Crippen LogP contribution in [0.1, 0.15) is 30.4 Å². The van der Waals surface area contributed by atoms with Crippen LogP contribution >= 0.6 is 0 Å². The minimum absolute atomic E-state index is 0.222. The van der Waals surface area contributed by atoms with Crippen molar-refractivity contribution in [2.75, 3.05) is 6.54 Å². The molecule has 3 heteroatoms. The Bertz CT molecular complexity index is 540. The fourth-order valence-corrected chi connectivity index (χ4v) is 2.19. The summed E-state index contributed by atoms with van der Waals surface area (Å²) in [6, 6.07) is 15.5. The molecule has 0 radical (unpaired) electrons. The van der Waals surface area contributed by atoms with Crippen LogP contribution in [-0.4, -0.2) is 11.7 Å². The van der Waals surface area contributed by atoms with E-state index in [4.69, 9.17) is 10.5 Å². The highest BCUT2D eigenvalue weighted by molar-refractivity contribution is 5.47. The van der Waals surface area contributed by atoms with E-state index in [-0.39, 0.29) is 11.7 Å². The van der Waals surface area contributed by atoms with Crippen molar-refractivity contribution in [3.8, 4) is 11.5 Å². The van der Waals surface area contributed by atoms with E-state index in [1.807, 2.05) is 42.5 Å². The van der Waals surface area contributed by atoms with Gasteiger partial charge in [0.05, 0.1) is 0 Å². The summed E-state index contributed by atoms with van der Waals surface area (Å²) in [7, 11) is 0. The topological polar surface area (TPSA) is 55.5 Å². The molecule has 2 aromatic rings. The molecule has 2 aromatic carbocycles. The first-order valence-corrected chi connectivity index (χ1v) is 6.91. The van der Waals surface area contributed by atoms with E-state index in [0.29, 0.717) is 18.9 Å². The largest absolute Gasteiger partial charge is 0.504 e. The Morgan fingerprint density at radius 2 is 1.85 bits per heavy atom. The van der Waals surface area contributed by atoms with Gasteiger partial charge in [0.15, 0.2) is 11.5 Å². The number of rotatable bonds is 6. The lowest BCUT2D eigenvalue weighted by Gasteiger charge is -2.15. The summed E-state index contributed by atoms with van der Waals surface area (Å²) in [5.41, 5.74) is 7.54. The summed E-state index contributed by atoms with van der Waals surface area (Å²) in [5.74, 6) is 0.972. The normalized spacial score (nSPS) is 12.1. The molecule has 20 heavy (non-hydrogen) atoms. The summed E-state index contributed by atoms with van der Waals surface area (Å²) in [5, 5.41) is 10.3. The second-order valence-corrected chi connectivity index (χ2v) is 4.95. The van der Waals surface area contributed by atoms with Crippen molar-refractivity contribution in [3.63, 3.8) is 0 Å². The smallest absolute Gasteiger partial charge is 0.161 e. The molecule has 3 N–H and O–H groups in total. The lowest BCUT2D eigenvalue weighted by atomic mass is 9.96. The van der Waals surface area contributed by atoms with Crippen molar-refractivity contribution in [1.29, 1.82) is 0 Å². The number of aromatic hydroxyl groups is 1. The molecule has 2 rings (SSSR count). The number of hydrogen-bond donors (Lipinski definition) is 2. The van der Waals surface area contributed by atoms with Crippen molar-refractivity contribution in [3.05, 3.63) is 59.7 Å². The maximum atomic E-state index is 10.3. The number of hydrogen-bond acceptors (Lipinski definition) is 3. The quantitative estimate of drug-likeness (QED) is 0.846. The molecule has 0 aliphatic rings. The molecule has 0 aliphatic carbocycles. The molecule has 1 unspecified atom stereocenters. The Hall–Kier alpha value is -2.00. The van der Waals surface area contributed by atoms with Crippen LogP contribution in [0.4, 0.5) is 0 Å². The molecule has 0 saturated heterocycles. The molecule has 106 valence electrons. The Morgan fingerprint density at radius 3 is 2.55 bits per heavy atom. The van der Waals surface area contributed by atoms with Crippen LogP contribution in [0.3, 0.4) is 0 Å². The molecule has 0 aliphatic heterocycles. The molecule has 1 atom stereocenters. The highest BCUT2D eigenvalue weighted by atomic mass is 16.5. The minimum Gasteiger partial charge on any atom is -0.504 e. The molecular formula is C17H21NO2. The van der Waals surface area contributed by atoms with E-state index in [1.165, 1.54) is 0 Å². The Kier molecular flexibility index (Phi) is 5.02. The fraction of sp³-hybridized carbons (Fsp3) is 0.294. The first-order valence-electron chi connectivity index (χ1n) is 6.91. The third-order valence-electron chi connectivity index (χ3n) is 3.40. The second kappa shape index (κ2) is 6.96. The molecule has 0 bridgehead atoms. The predicted molar refractivity (Wildman–Crippen MR) is 81.0 cm³/mol. The average Bonchev–Trinajstić information content (AvgIpc) is 2.47. The van der Waals surface area contributed by atoms with Crippen molar-refractivity contribution in [2.45, 2.75) is 25.9 Å². The third-order valence-corrected chi connectivity index (χ3v) is 3.40. The highest BCUT2D eigenvalue weighted by Gasteiger charge is 2.13. The van der Waals surface area contributed by atoms with Gasteiger partial charge in [-0.2, -0.15) is 0 Å². The van der Waals surface area contributed by atoms with Crippen LogP contribution in [0.2, 0.25) is 0 Å². The Labute approximate surface area is 120 Å². The molecular weight excluding hydrogens is 250 g/mol. The molecule has 0 aromatic heterocycles. The van der Waals surface area contributed by atoms with Gasteiger partial charge in [-0.15, -0.1) is 0 Å². The Balaban J connectivity index is 2.10. The SMILES string of the molecule is CC(CCN)c1cccc(OCc2ccccc2)c1O. The van der Waals surface area contributed by atoms with E-state index < -0.39 is 0 Å². The third kappa shape index (κ3) is 3.52. The van der Waals surface area contributed by atoms with E-state index in [2.05, 4.69) is 6.92 Å². The van der Waals surface area contributed by atoms with Crippen LogP contribution in [-0.2, 0) is 6.61 Å². The zero-order valence-electron chi connectivity index (χ0n) is 11.8. The van der Waals surface area contributed by atoms with Gasteiger partial charge in [0.25, 0.3) is 0 Å². The van der Waals surface area contributed by atoms with E-state index in [9.17, 15) is 5.11 Å². The van der Waals surface area contributed by atoms with Gasteiger partial charge in [-0.1, -0.05) is 49.4 Å². The van der Waals surface area contributed by atoms with Gasteiger partial charge in [-0.05, 0) is 30.5 Å². The fourth-order valence-electron chi connectivity index (χ4n) is 2.19. The summed E-state index contributed by atoms with van der Waals surface area (Å²) in [6.07, 6.45) is 0.843. The van der Waals surface area contributed by atoms with Gasteiger partial charge >= 0.3 is 0 Å². The van der Waals surface area contributed by atoms with Gasteiger partial charge in [-0.25, -0.2) is 0 Å². The van der Waals surface area contributed by atoms with Crippen molar-refractivity contribution < 1.29 is 9.84 Å². The van der Waals surface area contributed by atoms with E-state index in [1.54, 1.807) is 6.07 Å². The minimum atomic E-state index is 0.222. The molecule has 0 heterocycles. The van der Waals surface area contributed by atoms with Gasteiger partial charge in [-0.3, -0.25) is 0 Å². The molecule has 0 saturated carbocycles. The predicted octanol–water partition coefficient (Wildman–Crippen LogP) is 3.42. The first kappa shape index (κ1) is 14.4. The maximum absolute atomic E-state index is 10.3. The summed E-state index contributed by atoms with van der Waals surface area (Å²) in [6.45, 7) is 3.11. The lowest BCUT2D eigenvalue weighted by Crippen LogP contribution is -2.05. The standard InChI is InChI=1S/C17H21NO2/c1-13(10-11-18)15-8-5-9-16(17(15)19)20-12-14-6-3-2-4-7-14/h2-9,13,19H,10-12,18H2,1H3. The Morgan fingerprint density at radius 1 is 1.10 bits per heavy atom. The number of phenolic OH excluding ortho intramolecular Hbond substituents is 1. The lowest BCUT2D eigenvalue weighted by molar-refractivity contribution is 0.287. The summed E-state index contributed by atoms with van der Waals surface area (Å²) in [4.78, 5) is 0. The van der Waals surface area contributed by atoms with Gasteiger partial charge in [0.2, 0.25) is 0 Å². The van der Waals surface area contributed by atoms with Crippen LogP contribution in [0.25, 0.3) is 0 Å². The van der Waals surface area contributed by atoms with Crippen LogP contribution in [0.15, 0.2) is 48.5 Å². The number of phenols is 1. The van der Waals surface area contributed by atoms with Crippen LogP contribution in [0.5, 0.6) is 11.5 Å². The van der Waals surface area contributed by atoms with E-state index in [0.717, 1.165) is 17.5 Å². The van der Waals surface area contributed by atoms with Gasteiger partial charge in [0, 0.05) is 5.56 Å². The average molecular weight is 271 g/mol. The number of para-hydroxylation sites is 1. The maximum Gasteiger partial charge on any atom is 0.161 e. The van der Waals surface area contributed by atoms with Crippen molar-refractivity contribution in [2.24, 2.45) is 5.73 Å². The first-order chi connectivity index (χ1) is 9.72. The second-order valence-electron chi connectivity index (χ2n) is 4.95. The summed E-state index contributed by atoms with van der Waals surface area (Å²) < 4.78 is 5.71. The number of benzene rings is 2. The molecule has 3 nitrogen and oxygen atoms in total. The monoisotopic (exact) mass is 271 g/mol. The molecule has 0 amide bonds. The van der Waals surface area contributed by atoms with E-state index >= 15 is 0 Å². The van der Waals surface area contributed by atoms with Gasteiger partial charge < -0.3 is 15.6 Å². The zero-order valence-corrected chi connectivity index (χ0v) is 11.8. The molecule has 0 spiro atoms.